The van der Waals surface area contributed by atoms with Gasteiger partial charge in [-0.25, -0.2) is 4.98 Å². The molecule has 8 heteroatoms. The van der Waals surface area contributed by atoms with Gasteiger partial charge in [0.1, 0.15) is 16.4 Å². The SMILES string of the molecule is COc1cc(OC)cc(N2CCN(C(=O)c3sc(OC)nc3-c3ccccc3)CC2)c1. The van der Waals surface area contributed by atoms with Gasteiger partial charge in [-0.2, -0.15) is 0 Å². The first-order valence-electron chi connectivity index (χ1n) is 10.0. The molecule has 1 fully saturated rings. The van der Waals surface area contributed by atoms with Gasteiger partial charge < -0.3 is 24.0 Å². The molecule has 0 aliphatic carbocycles. The standard InChI is InChI=1S/C23H25N3O4S/c1-28-18-13-17(14-19(15-18)29-2)25-9-11-26(12-10-25)22(27)21-20(24-23(30-3)31-21)16-7-5-4-6-8-16/h4-8,13-15H,9-12H2,1-3H3. The summed E-state index contributed by atoms with van der Waals surface area (Å²) in [5.41, 5.74) is 2.60. The van der Waals surface area contributed by atoms with Gasteiger partial charge in [-0.05, 0) is 0 Å². The summed E-state index contributed by atoms with van der Waals surface area (Å²) in [5.74, 6) is 1.48. The number of anilines is 1. The Balaban J connectivity index is 1.51. The van der Waals surface area contributed by atoms with Gasteiger partial charge in [-0.1, -0.05) is 41.7 Å². The number of piperazine rings is 1. The van der Waals surface area contributed by atoms with Crippen LogP contribution in [0, 0.1) is 0 Å². The van der Waals surface area contributed by atoms with E-state index in [1.807, 2.05) is 53.4 Å². The van der Waals surface area contributed by atoms with Crippen molar-refractivity contribution in [1.82, 2.24) is 9.88 Å². The highest BCUT2D eigenvalue weighted by Gasteiger charge is 2.28. The molecule has 7 nitrogen and oxygen atoms in total. The highest BCUT2D eigenvalue weighted by molar-refractivity contribution is 7.15. The number of hydrogen-bond acceptors (Lipinski definition) is 7. The number of carbonyl (C=O) groups excluding carboxylic acids is 1. The Morgan fingerprint density at radius 2 is 1.55 bits per heavy atom. The summed E-state index contributed by atoms with van der Waals surface area (Å²) in [4.78, 5) is 22.6. The maximum Gasteiger partial charge on any atom is 0.274 e. The zero-order valence-corrected chi connectivity index (χ0v) is 18.6. The summed E-state index contributed by atoms with van der Waals surface area (Å²) < 4.78 is 16.1. The molecule has 31 heavy (non-hydrogen) atoms. The van der Waals surface area contributed by atoms with Gasteiger partial charge in [-0.15, -0.1) is 0 Å². The van der Waals surface area contributed by atoms with E-state index in [-0.39, 0.29) is 5.91 Å². The van der Waals surface area contributed by atoms with E-state index in [0.717, 1.165) is 35.8 Å². The monoisotopic (exact) mass is 439 g/mol. The van der Waals surface area contributed by atoms with E-state index in [1.165, 1.54) is 11.3 Å². The Kier molecular flexibility index (Phi) is 6.27. The highest BCUT2D eigenvalue weighted by atomic mass is 32.1. The number of amides is 1. The van der Waals surface area contributed by atoms with E-state index in [1.54, 1.807) is 21.3 Å². The number of carbonyl (C=O) groups is 1. The summed E-state index contributed by atoms with van der Waals surface area (Å²) in [7, 11) is 4.86. The molecule has 2 heterocycles. The van der Waals surface area contributed by atoms with Crippen molar-refractivity contribution in [1.29, 1.82) is 0 Å². The van der Waals surface area contributed by atoms with Gasteiger partial charge in [0, 0.05) is 55.6 Å². The van der Waals surface area contributed by atoms with Crippen molar-refractivity contribution < 1.29 is 19.0 Å². The third kappa shape index (κ3) is 4.44. The van der Waals surface area contributed by atoms with Crippen molar-refractivity contribution in [3.8, 4) is 28.0 Å². The van der Waals surface area contributed by atoms with E-state index in [9.17, 15) is 4.79 Å². The molecule has 0 N–H and O–H groups in total. The maximum atomic E-state index is 13.3. The Hall–Kier alpha value is -3.26. The van der Waals surface area contributed by atoms with Crippen molar-refractivity contribution >= 4 is 22.9 Å². The molecule has 1 amide bonds. The molecule has 0 unspecified atom stereocenters. The molecule has 0 saturated carbocycles. The van der Waals surface area contributed by atoms with E-state index in [0.29, 0.717) is 28.9 Å². The molecule has 0 spiro atoms. The summed E-state index contributed by atoms with van der Waals surface area (Å²) >= 11 is 1.29. The van der Waals surface area contributed by atoms with Gasteiger partial charge in [0.2, 0.25) is 0 Å². The third-order valence-corrected chi connectivity index (χ3v) is 6.30. The lowest BCUT2D eigenvalue weighted by Crippen LogP contribution is -2.48. The van der Waals surface area contributed by atoms with Crippen LogP contribution >= 0.6 is 11.3 Å². The fraction of sp³-hybridized carbons (Fsp3) is 0.304. The van der Waals surface area contributed by atoms with Gasteiger partial charge in [0.05, 0.1) is 27.0 Å². The van der Waals surface area contributed by atoms with Gasteiger partial charge in [-0.3, -0.25) is 4.79 Å². The number of rotatable bonds is 6. The first-order valence-corrected chi connectivity index (χ1v) is 10.8. The molecule has 1 aliphatic heterocycles. The minimum absolute atomic E-state index is 0.0116. The molecular weight excluding hydrogens is 414 g/mol. The van der Waals surface area contributed by atoms with Crippen molar-refractivity contribution in [3.63, 3.8) is 0 Å². The summed E-state index contributed by atoms with van der Waals surface area (Å²) in [5, 5.41) is 0.490. The van der Waals surface area contributed by atoms with Crippen LogP contribution < -0.4 is 19.1 Å². The molecule has 1 saturated heterocycles. The Labute approximate surface area is 185 Å². The molecule has 0 atom stereocenters. The lowest BCUT2D eigenvalue weighted by molar-refractivity contribution is 0.0752. The van der Waals surface area contributed by atoms with Crippen LogP contribution in [0.5, 0.6) is 16.7 Å². The largest absolute Gasteiger partial charge is 0.497 e. The quantitative estimate of drug-likeness (QED) is 0.582. The molecule has 4 rings (SSSR count). The zero-order chi connectivity index (χ0) is 21.8. The fourth-order valence-corrected chi connectivity index (χ4v) is 4.48. The third-order valence-electron chi connectivity index (χ3n) is 5.29. The van der Waals surface area contributed by atoms with Crippen LogP contribution in [0.25, 0.3) is 11.3 Å². The molecule has 162 valence electrons. The van der Waals surface area contributed by atoms with Gasteiger partial charge >= 0.3 is 0 Å². The van der Waals surface area contributed by atoms with Crippen molar-refractivity contribution in [2.45, 2.75) is 0 Å². The normalized spacial score (nSPS) is 13.8. The number of hydrogen-bond donors (Lipinski definition) is 0. The van der Waals surface area contributed by atoms with Crippen LogP contribution in [0.3, 0.4) is 0 Å². The Morgan fingerprint density at radius 1 is 0.903 bits per heavy atom. The van der Waals surface area contributed by atoms with Crippen LogP contribution in [0.4, 0.5) is 5.69 Å². The van der Waals surface area contributed by atoms with Crippen LogP contribution in [0.1, 0.15) is 9.67 Å². The second-order valence-electron chi connectivity index (χ2n) is 7.08. The molecule has 1 aromatic heterocycles. The van der Waals surface area contributed by atoms with Gasteiger partial charge in [0.15, 0.2) is 0 Å². The molecule has 0 bridgehead atoms. The molecule has 0 radical (unpaired) electrons. The van der Waals surface area contributed by atoms with E-state index in [4.69, 9.17) is 14.2 Å². The second-order valence-corrected chi connectivity index (χ2v) is 8.04. The number of aromatic nitrogens is 1. The second kappa shape index (κ2) is 9.26. The van der Waals surface area contributed by atoms with Gasteiger partial charge in [0.25, 0.3) is 11.1 Å². The number of benzene rings is 2. The summed E-state index contributed by atoms with van der Waals surface area (Å²) in [6, 6.07) is 15.6. The highest BCUT2D eigenvalue weighted by Crippen LogP contribution is 2.34. The molecule has 2 aromatic carbocycles. The van der Waals surface area contributed by atoms with Crippen molar-refractivity contribution in [3.05, 3.63) is 53.4 Å². The summed E-state index contributed by atoms with van der Waals surface area (Å²) in [6.45, 7) is 2.68. The van der Waals surface area contributed by atoms with Crippen LogP contribution in [0.2, 0.25) is 0 Å². The lowest BCUT2D eigenvalue weighted by Gasteiger charge is -2.36. The minimum atomic E-state index is -0.0116. The first kappa shape index (κ1) is 21.0. The molecular formula is C23H25N3O4S. The average molecular weight is 440 g/mol. The van der Waals surface area contributed by atoms with E-state index >= 15 is 0 Å². The average Bonchev–Trinajstić information content (AvgIpc) is 3.28. The number of ether oxygens (including phenoxy) is 3. The smallest absolute Gasteiger partial charge is 0.274 e. The Morgan fingerprint density at radius 3 is 2.13 bits per heavy atom. The maximum absolute atomic E-state index is 13.3. The molecule has 3 aromatic rings. The Bertz CT molecular complexity index is 1020. The summed E-state index contributed by atoms with van der Waals surface area (Å²) in [6.07, 6.45) is 0. The zero-order valence-electron chi connectivity index (χ0n) is 17.8. The first-order chi connectivity index (χ1) is 15.1. The van der Waals surface area contributed by atoms with E-state index in [2.05, 4.69) is 9.88 Å². The fourth-order valence-electron chi connectivity index (χ4n) is 3.61. The topological polar surface area (TPSA) is 64.1 Å². The van der Waals surface area contributed by atoms with Crippen LogP contribution in [-0.2, 0) is 0 Å². The number of thiazole rings is 1. The van der Waals surface area contributed by atoms with Crippen molar-refractivity contribution in [2.75, 3.05) is 52.4 Å². The van der Waals surface area contributed by atoms with Crippen LogP contribution in [0.15, 0.2) is 48.5 Å². The van der Waals surface area contributed by atoms with Crippen LogP contribution in [-0.4, -0.2) is 63.3 Å². The van der Waals surface area contributed by atoms with E-state index < -0.39 is 0 Å². The molecule has 1 aliphatic rings. The lowest BCUT2D eigenvalue weighted by atomic mass is 10.1. The minimum Gasteiger partial charge on any atom is -0.497 e. The number of methoxy groups -OCH3 is 3. The predicted molar refractivity (Wildman–Crippen MR) is 122 cm³/mol. The van der Waals surface area contributed by atoms with Crippen molar-refractivity contribution in [2.24, 2.45) is 0 Å². The predicted octanol–water partition coefficient (Wildman–Crippen LogP) is 3.80. The number of nitrogens with zero attached hydrogens (tertiary/aromatic N) is 3.